The van der Waals surface area contributed by atoms with Crippen LogP contribution in [0, 0.1) is 11.8 Å². The molecule has 91 valence electrons. The fourth-order valence-corrected chi connectivity index (χ4v) is 2.37. The van der Waals surface area contributed by atoms with E-state index in [1.165, 1.54) is 11.1 Å². The first-order chi connectivity index (χ1) is 8.88. The van der Waals surface area contributed by atoms with Crippen LogP contribution >= 0.6 is 0 Å². The van der Waals surface area contributed by atoms with E-state index in [1.807, 2.05) is 18.2 Å². The number of ether oxygens (including phenoxy) is 1. The van der Waals surface area contributed by atoms with Crippen molar-refractivity contribution in [3.8, 4) is 11.8 Å². The van der Waals surface area contributed by atoms with Gasteiger partial charge >= 0.3 is 0 Å². The van der Waals surface area contributed by atoms with Gasteiger partial charge in [-0.1, -0.05) is 48.2 Å². The molecular weight excluding hydrogens is 309 g/mol. The summed E-state index contributed by atoms with van der Waals surface area (Å²) in [5.74, 6) is 6.52. The molecule has 1 aliphatic carbocycles. The first-order valence-electron chi connectivity index (χ1n) is 6.10. The molecule has 0 aromatic heterocycles. The number of hydrogen-bond donors (Lipinski definition) is 0. The van der Waals surface area contributed by atoms with E-state index < -0.39 is 0 Å². The van der Waals surface area contributed by atoms with Crippen molar-refractivity contribution in [2.45, 2.75) is 12.5 Å². The van der Waals surface area contributed by atoms with Gasteiger partial charge in [-0.25, -0.2) is 0 Å². The van der Waals surface area contributed by atoms with Crippen LogP contribution in [0.2, 0.25) is 0 Å². The average Bonchev–Trinajstić information content (AvgIpc) is 2.41. The van der Waals surface area contributed by atoms with E-state index in [9.17, 15) is 0 Å². The maximum Gasteiger partial charge on any atom is 0.0873 e. The van der Waals surface area contributed by atoms with Crippen molar-refractivity contribution in [3.63, 3.8) is 0 Å². The second kappa shape index (κ2) is 6.48. The van der Waals surface area contributed by atoms with E-state index >= 15 is 0 Å². The third-order valence-corrected chi connectivity index (χ3v) is 3.35. The van der Waals surface area contributed by atoms with E-state index in [2.05, 4.69) is 42.2 Å². The quantitative estimate of drug-likeness (QED) is 0.732. The summed E-state index contributed by atoms with van der Waals surface area (Å²) >= 11 is 0. The van der Waals surface area contributed by atoms with E-state index in [4.69, 9.17) is 4.74 Å². The molecule has 0 amide bonds. The van der Waals surface area contributed by atoms with Crippen LogP contribution in [0.4, 0.5) is 0 Å². The molecule has 0 N–H and O–H groups in total. The molecule has 2 aromatic carbocycles. The zero-order valence-corrected chi connectivity index (χ0v) is 13.7. The summed E-state index contributed by atoms with van der Waals surface area (Å²) < 4.78 is 5.64. The minimum absolute atomic E-state index is 0. The maximum atomic E-state index is 5.64. The molecule has 1 aliphatic rings. The molecule has 0 bridgehead atoms. The summed E-state index contributed by atoms with van der Waals surface area (Å²) in [6, 6.07) is 16.5. The van der Waals surface area contributed by atoms with Crippen molar-refractivity contribution >= 4 is 0 Å². The number of hydrogen-bond acceptors (Lipinski definition) is 1. The predicted molar refractivity (Wildman–Crippen MR) is 72.3 cm³/mol. The van der Waals surface area contributed by atoms with Gasteiger partial charge in [-0.15, -0.1) is 0 Å². The van der Waals surface area contributed by atoms with Gasteiger partial charge in [0.05, 0.1) is 6.10 Å². The van der Waals surface area contributed by atoms with Gasteiger partial charge in [-0.3, -0.25) is 0 Å². The van der Waals surface area contributed by atoms with Gasteiger partial charge in [0, 0.05) is 57.4 Å². The molecule has 1 atom stereocenters. The van der Waals surface area contributed by atoms with Crippen molar-refractivity contribution in [1.29, 1.82) is 0 Å². The van der Waals surface area contributed by atoms with E-state index in [-0.39, 0.29) is 38.8 Å². The molecule has 3 rings (SSSR count). The first-order valence-corrected chi connectivity index (χ1v) is 6.10. The number of rotatable bonds is 1. The number of methoxy groups -OCH3 is 1. The van der Waals surface area contributed by atoms with Crippen LogP contribution in [0.25, 0.3) is 0 Å². The average molecular weight is 323 g/mol. The van der Waals surface area contributed by atoms with Crippen molar-refractivity contribution in [1.82, 2.24) is 0 Å². The summed E-state index contributed by atoms with van der Waals surface area (Å²) in [6.45, 7) is 0. The standard InChI is InChI=1S/C17H14O.Y/c1-18-17-12-15-8-3-2-6-13(15)10-11-14-7-4-5-9-16(14)17;/h2-9,17H,12H2,1H3;. The summed E-state index contributed by atoms with van der Waals surface area (Å²) in [6.07, 6.45) is 0.954. The fourth-order valence-electron chi connectivity index (χ4n) is 2.37. The minimum atomic E-state index is 0. The van der Waals surface area contributed by atoms with Crippen molar-refractivity contribution in [3.05, 3.63) is 70.8 Å². The molecular formula is C17H14OY. The normalized spacial score (nSPS) is 15.7. The predicted octanol–water partition coefficient (Wildman–Crippen LogP) is 3.33. The monoisotopic (exact) mass is 323 g/mol. The molecule has 1 radical (unpaired) electrons. The Labute approximate surface area is 139 Å². The Kier molecular flexibility index (Phi) is 4.94. The van der Waals surface area contributed by atoms with Crippen molar-refractivity contribution in [2.24, 2.45) is 0 Å². The van der Waals surface area contributed by atoms with Crippen LogP contribution < -0.4 is 0 Å². The third kappa shape index (κ3) is 2.98. The van der Waals surface area contributed by atoms with Gasteiger partial charge in [0.15, 0.2) is 0 Å². The van der Waals surface area contributed by atoms with Gasteiger partial charge in [0.2, 0.25) is 0 Å². The zero-order valence-electron chi connectivity index (χ0n) is 10.9. The van der Waals surface area contributed by atoms with Gasteiger partial charge in [0.25, 0.3) is 0 Å². The SMILES string of the molecule is COC1Cc2ccccc2C#Cc2ccccc21.[Y]. The molecule has 2 aromatic rings. The Bertz CT molecular complexity index is 637. The molecule has 0 spiro atoms. The topological polar surface area (TPSA) is 9.23 Å². The van der Waals surface area contributed by atoms with E-state index in [1.54, 1.807) is 7.11 Å². The molecule has 0 saturated carbocycles. The minimum Gasteiger partial charge on any atom is -0.376 e. The summed E-state index contributed by atoms with van der Waals surface area (Å²) in [5, 5.41) is 0. The summed E-state index contributed by atoms with van der Waals surface area (Å²) in [7, 11) is 1.76. The number of fused-ring (bicyclic) bond motifs is 2. The van der Waals surface area contributed by atoms with Gasteiger partial charge in [-0.05, 0) is 23.3 Å². The molecule has 0 fully saturated rings. The second-order valence-corrected chi connectivity index (χ2v) is 4.42. The van der Waals surface area contributed by atoms with Crippen molar-refractivity contribution < 1.29 is 37.4 Å². The van der Waals surface area contributed by atoms with Crippen LogP contribution in [0.3, 0.4) is 0 Å². The second-order valence-electron chi connectivity index (χ2n) is 4.42. The Morgan fingerprint density at radius 2 is 1.58 bits per heavy atom. The fraction of sp³-hybridized carbons (Fsp3) is 0.176. The van der Waals surface area contributed by atoms with Crippen LogP contribution in [0.15, 0.2) is 48.5 Å². The molecule has 0 aliphatic heterocycles. The van der Waals surface area contributed by atoms with E-state index in [0.29, 0.717) is 0 Å². The Hall–Kier alpha value is -0.936. The maximum absolute atomic E-state index is 5.64. The first kappa shape index (κ1) is 14.5. The molecule has 1 nitrogen and oxygen atoms in total. The smallest absolute Gasteiger partial charge is 0.0873 e. The Balaban J connectivity index is 0.00000133. The molecule has 19 heavy (non-hydrogen) atoms. The molecule has 2 heteroatoms. The summed E-state index contributed by atoms with van der Waals surface area (Å²) in [4.78, 5) is 0. The van der Waals surface area contributed by atoms with Gasteiger partial charge in [0.1, 0.15) is 0 Å². The summed E-state index contributed by atoms with van der Waals surface area (Å²) in [5.41, 5.74) is 4.61. The van der Waals surface area contributed by atoms with Crippen molar-refractivity contribution in [2.75, 3.05) is 7.11 Å². The Morgan fingerprint density at radius 1 is 0.947 bits per heavy atom. The molecule has 0 heterocycles. The molecule has 1 unspecified atom stereocenters. The van der Waals surface area contributed by atoms with Crippen LogP contribution in [-0.2, 0) is 43.9 Å². The number of benzene rings is 2. The van der Waals surface area contributed by atoms with Crippen LogP contribution in [-0.4, -0.2) is 7.11 Å². The Morgan fingerprint density at radius 3 is 2.37 bits per heavy atom. The van der Waals surface area contributed by atoms with Crippen LogP contribution in [0.5, 0.6) is 0 Å². The zero-order chi connectivity index (χ0) is 12.4. The largest absolute Gasteiger partial charge is 0.376 e. The van der Waals surface area contributed by atoms with Gasteiger partial charge in [-0.2, -0.15) is 0 Å². The van der Waals surface area contributed by atoms with Crippen LogP contribution in [0.1, 0.15) is 28.4 Å². The van der Waals surface area contributed by atoms with E-state index in [0.717, 1.165) is 17.5 Å². The van der Waals surface area contributed by atoms with Gasteiger partial charge < -0.3 is 4.74 Å². The third-order valence-electron chi connectivity index (χ3n) is 3.35. The molecule has 0 saturated heterocycles.